The molecular weight excluding hydrogens is 240 g/mol. The third-order valence-corrected chi connectivity index (χ3v) is 3.03. The van der Waals surface area contributed by atoms with Gasteiger partial charge in [0, 0.05) is 36.1 Å². The summed E-state index contributed by atoms with van der Waals surface area (Å²) in [6.45, 7) is 0.772. The first-order valence-corrected chi connectivity index (χ1v) is 6.33. The fourth-order valence-corrected chi connectivity index (χ4v) is 1.99. The maximum atomic E-state index is 10.6. The number of nitrogen functional groups attached to an aromatic ring is 1. The lowest BCUT2D eigenvalue weighted by molar-refractivity contribution is -0.118. The van der Waals surface area contributed by atoms with Crippen LogP contribution in [0.1, 0.15) is 19.3 Å². The average Bonchev–Trinajstić information content (AvgIpc) is 2.41. The lowest BCUT2D eigenvalue weighted by atomic mass is 10.1. The normalized spacial score (nSPS) is 10.5. The first-order chi connectivity index (χ1) is 9.18. The van der Waals surface area contributed by atoms with Gasteiger partial charge in [0.2, 0.25) is 5.91 Å². The van der Waals surface area contributed by atoms with Crippen molar-refractivity contribution < 1.29 is 4.79 Å². The molecule has 5 N–H and O–H groups in total. The van der Waals surface area contributed by atoms with Gasteiger partial charge in [-0.3, -0.25) is 9.78 Å². The van der Waals surface area contributed by atoms with Crippen molar-refractivity contribution in [2.45, 2.75) is 19.3 Å². The smallest absolute Gasteiger partial charge is 0.217 e. The van der Waals surface area contributed by atoms with Gasteiger partial charge in [-0.05, 0) is 25.0 Å². The number of carbonyl (C=O) groups is 1. The summed E-state index contributed by atoms with van der Waals surface area (Å²) in [5, 5.41) is 5.31. The third-order valence-electron chi connectivity index (χ3n) is 3.03. The molecule has 2 aromatic rings. The molecule has 0 aliphatic rings. The Morgan fingerprint density at radius 1 is 1.26 bits per heavy atom. The van der Waals surface area contributed by atoms with Crippen molar-refractivity contribution in [2.24, 2.45) is 5.73 Å². The lowest BCUT2D eigenvalue weighted by Crippen LogP contribution is -2.11. The maximum absolute atomic E-state index is 10.6. The van der Waals surface area contributed by atoms with Crippen molar-refractivity contribution in [3.63, 3.8) is 0 Å². The van der Waals surface area contributed by atoms with E-state index >= 15 is 0 Å². The monoisotopic (exact) mass is 258 g/mol. The summed E-state index contributed by atoms with van der Waals surface area (Å²) in [5.41, 5.74) is 12.9. The Kier molecular flexibility index (Phi) is 4.18. The zero-order chi connectivity index (χ0) is 13.7. The molecule has 0 saturated carbocycles. The standard InChI is InChI=1S/C14H18N4O/c15-13(19)3-1-2-7-18-12-5-4-10-9-17-8-6-11(10)14(12)16/h4-6,8-9,18H,1-3,7,16H2,(H2,15,19). The predicted molar refractivity (Wildman–Crippen MR) is 77.7 cm³/mol. The van der Waals surface area contributed by atoms with E-state index in [1.807, 2.05) is 18.2 Å². The van der Waals surface area contributed by atoms with E-state index in [-0.39, 0.29) is 5.91 Å². The summed E-state index contributed by atoms with van der Waals surface area (Å²) in [5.74, 6) is -0.252. The number of aromatic nitrogens is 1. The van der Waals surface area contributed by atoms with E-state index in [1.54, 1.807) is 12.4 Å². The molecule has 0 aliphatic carbocycles. The van der Waals surface area contributed by atoms with Crippen molar-refractivity contribution in [1.29, 1.82) is 0 Å². The molecule has 5 heteroatoms. The molecule has 0 unspecified atom stereocenters. The van der Waals surface area contributed by atoms with Crippen molar-refractivity contribution in [3.8, 4) is 0 Å². The molecule has 1 aromatic carbocycles. The summed E-state index contributed by atoms with van der Waals surface area (Å²) >= 11 is 0. The molecule has 0 spiro atoms. The van der Waals surface area contributed by atoms with Gasteiger partial charge < -0.3 is 16.8 Å². The van der Waals surface area contributed by atoms with Crippen LogP contribution in [0.4, 0.5) is 11.4 Å². The van der Waals surface area contributed by atoms with E-state index in [4.69, 9.17) is 11.5 Å². The van der Waals surface area contributed by atoms with E-state index in [0.717, 1.165) is 41.5 Å². The van der Waals surface area contributed by atoms with Crippen LogP contribution in [0.25, 0.3) is 10.8 Å². The number of carbonyl (C=O) groups excluding carboxylic acids is 1. The molecule has 100 valence electrons. The van der Waals surface area contributed by atoms with Crippen molar-refractivity contribution in [2.75, 3.05) is 17.6 Å². The first-order valence-electron chi connectivity index (χ1n) is 6.33. The summed E-state index contributed by atoms with van der Waals surface area (Å²) in [4.78, 5) is 14.7. The highest BCUT2D eigenvalue weighted by Gasteiger charge is 2.03. The van der Waals surface area contributed by atoms with Crippen LogP contribution in [0.5, 0.6) is 0 Å². The van der Waals surface area contributed by atoms with Crippen molar-refractivity contribution in [3.05, 3.63) is 30.6 Å². The Labute approximate surface area is 112 Å². The number of primary amides is 1. The zero-order valence-corrected chi connectivity index (χ0v) is 10.7. The van der Waals surface area contributed by atoms with Crippen LogP contribution >= 0.6 is 0 Å². The van der Waals surface area contributed by atoms with Gasteiger partial charge >= 0.3 is 0 Å². The predicted octanol–water partition coefficient (Wildman–Crippen LogP) is 1.88. The fourth-order valence-electron chi connectivity index (χ4n) is 1.99. The Bertz CT molecular complexity index is 583. The van der Waals surface area contributed by atoms with Gasteiger partial charge in [0.25, 0.3) is 0 Å². The fraction of sp³-hybridized carbons (Fsp3) is 0.286. The van der Waals surface area contributed by atoms with Gasteiger partial charge in [-0.15, -0.1) is 0 Å². The minimum Gasteiger partial charge on any atom is -0.397 e. The molecule has 0 radical (unpaired) electrons. The van der Waals surface area contributed by atoms with E-state index in [1.165, 1.54) is 0 Å². The number of hydrogen-bond donors (Lipinski definition) is 3. The maximum Gasteiger partial charge on any atom is 0.217 e. The highest BCUT2D eigenvalue weighted by atomic mass is 16.1. The highest BCUT2D eigenvalue weighted by Crippen LogP contribution is 2.27. The topological polar surface area (TPSA) is 94.0 Å². The van der Waals surface area contributed by atoms with Crippen LogP contribution in [-0.4, -0.2) is 17.4 Å². The largest absolute Gasteiger partial charge is 0.397 e. The molecule has 0 fully saturated rings. The molecule has 1 heterocycles. The number of rotatable bonds is 6. The summed E-state index contributed by atoms with van der Waals surface area (Å²) in [6.07, 6.45) is 5.63. The van der Waals surface area contributed by atoms with Crippen LogP contribution in [-0.2, 0) is 4.79 Å². The van der Waals surface area contributed by atoms with Crippen LogP contribution in [0.2, 0.25) is 0 Å². The molecule has 0 saturated heterocycles. The highest BCUT2D eigenvalue weighted by molar-refractivity contribution is 5.98. The number of fused-ring (bicyclic) bond motifs is 1. The number of benzene rings is 1. The molecule has 0 atom stereocenters. The Balaban J connectivity index is 1.97. The van der Waals surface area contributed by atoms with Gasteiger partial charge in [0.15, 0.2) is 0 Å². The molecule has 2 rings (SSSR count). The second-order valence-corrected chi connectivity index (χ2v) is 4.47. The van der Waals surface area contributed by atoms with Crippen LogP contribution < -0.4 is 16.8 Å². The van der Waals surface area contributed by atoms with Crippen LogP contribution in [0.15, 0.2) is 30.6 Å². The Morgan fingerprint density at radius 2 is 2.11 bits per heavy atom. The number of nitrogens with two attached hydrogens (primary N) is 2. The molecule has 19 heavy (non-hydrogen) atoms. The summed E-state index contributed by atoms with van der Waals surface area (Å²) in [7, 11) is 0. The van der Waals surface area contributed by atoms with Crippen molar-refractivity contribution in [1.82, 2.24) is 4.98 Å². The lowest BCUT2D eigenvalue weighted by Gasteiger charge is -2.11. The van der Waals surface area contributed by atoms with E-state index in [0.29, 0.717) is 6.42 Å². The number of hydrogen-bond acceptors (Lipinski definition) is 4. The SMILES string of the molecule is NC(=O)CCCCNc1ccc2cnccc2c1N. The van der Waals surface area contributed by atoms with Crippen LogP contribution in [0.3, 0.4) is 0 Å². The molecule has 0 aliphatic heterocycles. The van der Waals surface area contributed by atoms with Gasteiger partial charge in [-0.1, -0.05) is 6.07 Å². The molecule has 5 nitrogen and oxygen atoms in total. The quantitative estimate of drug-likeness (QED) is 0.544. The number of nitrogens with one attached hydrogen (secondary N) is 1. The molecule has 0 bridgehead atoms. The Morgan fingerprint density at radius 3 is 2.89 bits per heavy atom. The van der Waals surface area contributed by atoms with Gasteiger partial charge in [-0.25, -0.2) is 0 Å². The van der Waals surface area contributed by atoms with Crippen molar-refractivity contribution >= 4 is 28.1 Å². The molecule has 1 amide bonds. The minimum absolute atomic E-state index is 0.252. The third kappa shape index (κ3) is 3.34. The number of unbranched alkanes of at least 4 members (excludes halogenated alkanes) is 1. The van der Waals surface area contributed by atoms with Gasteiger partial charge in [0.1, 0.15) is 0 Å². The van der Waals surface area contributed by atoms with Gasteiger partial charge in [0.05, 0.1) is 11.4 Å². The van der Waals surface area contributed by atoms with E-state index in [9.17, 15) is 4.79 Å². The summed E-state index contributed by atoms with van der Waals surface area (Å²) < 4.78 is 0. The number of nitrogens with zero attached hydrogens (tertiary/aromatic N) is 1. The first kappa shape index (κ1) is 13.1. The molecule has 1 aromatic heterocycles. The summed E-state index contributed by atoms with van der Waals surface area (Å²) in [6, 6.07) is 5.85. The van der Waals surface area contributed by atoms with E-state index < -0.39 is 0 Å². The van der Waals surface area contributed by atoms with Gasteiger partial charge in [-0.2, -0.15) is 0 Å². The van der Waals surface area contributed by atoms with E-state index in [2.05, 4.69) is 10.3 Å². The Hall–Kier alpha value is -2.30. The number of anilines is 2. The second-order valence-electron chi connectivity index (χ2n) is 4.47. The average molecular weight is 258 g/mol. The zero-order valence-electron chi connectivity index (χ0n) is 10.7. The minimum atomic E-state index is -0.252. The van der Waals surface area contributed by atoms with Crippen LogP contribution in [0, 0.1) is 0 Å². The molecular formula is C14H18N4O. The second kappa shape index (κ2) is 6.04. The number of amides is 1. The number of pyridine rings is 1.